The van der Waals surface area contributed by atoms with Crippen LogP contribution < -0.4 is 11.1 Å². The minimum absolute atomic E-state index is 0.0343. The van der Waals surface area contributed by atoms with E-state index in [1.807, 2.05) is 0 Å². The third-order valence-electron chi connectivity index (χ3n) is 5.32. The second kappa shape index (κ2) is 8.74. The highest BCUT2D eigenvalue weighted by molar-refractivity contribution is 5.78. The van der Waals surface area contributed by atoms with Crippen molar-refractivity contribution in [2.24, 2.45) is 11.7 Å². The van der Waals surface area contributed by atoms with Crippen molar-refractivity contribution in [3.63, 3.8) is 0 Å². The van der Waals surface area contributed by atoms with Crippen LogP contribution in [0.4, 0.5) is 0 Å². The van der Waals surface area contributed by atoms with Crippen molar-refractivity contribution in [2.45, 2.75) is 77.8 Å². The van der Waals surface area contributed by atoms with Crippen molar-refractivity contribution in [1.29, 1.82) is 0 Å². The number of rotatable bonds is 8. The molecular weight excluding hydrogens is 262 g/mol. The van der Waals surface area contributed by atoms with Crippen LogP contribution in [-0.2, 0) is 4.79 Å². The van der Waals surface area contributed by atoms with Gasteiger partial charge in [-0.2, -0.15) is 0 Å². The molecule has 0 bridgehead atoms. The van der Waals surface area contributed by atoms with Crippen LogP contribution in [0, 0.1) is 5.92 Å². The minimum Gasteiger partial charge on any atom is -0.352 e. The predicted molar refractivity (Wildman–Crippen MR) is 89.2 cm³/mol. The Balaban J connectivity index is 2.65. The third-order valence-corrected chi connectivity index (χ3v) is 5.32. The molecule has 0 radical (unpaired) electrons. The van der Waals surface area contributed by atoms with Crippen LogP contribution in [0.25, 0.3) is 0 Å². The van der Waals surface area contributed by atoms with Crippen LogP contribution in [0.15, 0.2) is 0 Å². The highest BCUT2D eigenvalue weighted by Crippen LogP contribution is 2.35. The van der Waals surface area contributed by atoms with E-state index in [0.29, 0.717) is 19.1 Å². The van der Waals surface area contributed by atoms with Crippen molar-refractivity contribution < 1.29 is 4.79 Å². The number of carbonyl (C=O) groups is 1. The Morgan fingerprint density at radius 3 is 2.29 bits per heavy atom. The standard InChI is InChI=1S/C17H35N3O/c1-5-15(6-2)19-16(21)12-20(7-3)17(13-18)10-8-14(4)9-11-17/h14-15H,5-13,18H2,1-4H3,(H,19,21). The van der Waals surface area contributed by atoms with Gasteiger partial charge < -0.3 is 11.1 Å². The summed E-state index contributed by atoms with van der Waals surface area (Å²) < 4.78 is 0. The van der Waals surface area contributed by atoms with E-state index in [1.165, 1.54) is 12.8 Å². The van der Waals surface area contributed by atoms with E-state index in [-0.39, 0.29) is 11.4 Å². The fourth-order valence-electron chi connectivity index (χ4n) is 3.50. The molecule has 1 fully saturated rings. The van der Waals surface area contributed by atoms with Crippen LogP contribution in [-0.4, -0.2) is 42.0 Å². The summed E-state index contributed by atoms with van der Waals surface area (Å²) in [5.74, 6) is 0.943. The first kappa shape index (κ1) is 18.4. The van der Waals surface area contributed by atoms with E-state index in [0.717, 1.165) is 38.1 Å². The molecule has 4 nitrogen and oxygen atoms in total. The lowest BCUT2D eigenvalue weighted by Crippen LogP contribution is -2.58. The van der Waals surface area contributed by atoms with Gasteiger partial charge in [-0.3, -0.25) is 9.69 Å². The second-order valence-corrected chi connectivity index (χ2v) is 6.71. The zero-order chi connectivity index (χ0) is 15.9. The van der Waals surface area contributed by atoms with E-state index in [2.05, 4.69) is 37.9 Å². The molecule has 1 aliphatic rings. The van der Waals surface area contributed by atoms with Crippen LogP contribution >= 0.6 is 0 Å². The molecule has 0 aliphatic heterocycles. The van der Waals surface area contributed by atoms with Gasteiger partial charge in [0.25, 0.3) is 0 Å². The SMILES string of the molecule is CCC(CC)NC(=O)CN(CC)C1(CN)CCC(C)CC1. The quantitative estimate of drug-likeness (QED) is 0.724. The van der Waals surface area contributed by atoms with Gasteiger partial charge in [0.1, 0.15) is 0 Å². The van der Waals surface area contributed by atoms with Crippen molar-refractivity contribution in [1.82, 2.24) is 10.2 Å². The molecule has 0 spiro atoms. The minimum atomic E-state index is 0.0343. The molecule has 1 saturated carbocycles. The lowest BCUT2D eigenvalue weighted by atomic mass is 9.76. The number of nitrogens with two attached hydrogens (primary N) is 1. The zero-order valence-electron chi connectivity index (χ0n) is 14.5. The van der Waals surface area contributed by atoms with Gasteiger partial charge in [0.2, 0.25) is 5.91 Å². The average Bonchev–Trinajstić information content (AvgIpc) is 2.51. The molecule has 1 amide bonds. The first-order valence-electron chi connectivity index (χ1n) is 8.75. The van der Waals surface area contributed by atoms with E-state index < -0.39 is 0 Å². The molecule has 1 rings (SSSR count). The summed E-state index contributed by atoms with van der Waals surface area (Å²) in [7, 11) is 0. The Bertz CT molecular complexity index is 307. The fraction of sp³-hybridized carbons (Fsp3) is 0.941. The fourth-order valence-corrected chi connectivity index (χ4v) is 3.50. The Labute approximate surface area is 130 Å². The number of nitrogens with zero attached hydrogens (tertiary/aromatic N) is 1. The Hall–Kier alpha value is -0.610. The van der Waals surface area contributed by atoms with Crippen LogP contribution in [0.1, 0.15) is 66.2 Å². The summed E-state index contributed by atoms with van der Waals surface area (Å²) in [6.07, 6.45) is 6.68. The smallest absolute Gasteiger partial charge is 0.234 e. The molecule has 0 atom stereocenters. The molecule has 0 saturated heterocycles. The number of amides is 1. The molecular formula is C17H35N3O. The van der Waals surface area contributed by atoms with Crippen LogP contribution in [0.5, 0.6) is 0 Å². The third kappa shape index (κ3) is 4.96. The summed E-state index contributed by atoms with van der Waals surface area (Å²) in [4.78, 5) is 14.6. The normalized spacial score (nSPS) is 26.3. The second-order valence-electron chi connectivity index (χ2n) is 6.71. The van der Waals surface area contributed by atoms with Gasteiger partial charge in [-0.15, -0.1) is 0 Å². The highest BCUT2D eigenvalue weighted by atomic mass is 16.2. The van der Waals surface area contributed by atoms with Crippen molar-refractivity contribution in [2.75, 3.05) is 19.6 Å². The van der Waals surface area contributed by atoms with Crippen LogP contribution in [0.3, 0.4) is 0 Å². The first-order valence-corrected chi connectivity index (χ1v) is 8.75. The lowest BCUT2D eigenvalue weighted by molar-refractivity contribution is -0.125. The van der Waals surface area contributed by atoms with Crippen molar-refractivity contribution in [3.05, 3.63) is 0 Å². The Morgan fingerprint density at radius 2 is 1.86 bits per heavy atom. The average molecular weight is 297 g/mol. The molecule has 124 valence electrons. The molecule has 0 heterocycles. The first-order chi connectivity index (χ1) is 10.0. The van der Waals surface area contributed by atoms with Crippen molar-refractivity contribution in [3.8, 4) is 0 Å². The summed E-state index contributed by atoms with van der Waals surface area (Å²) in [5, 5.41) is 3.15. The Kier molecular flexibility index (Phi) is 7.67. The van der Waals surface area contributed by atoms with E-state index in [4.69, 9.17) is 5.73 Å². The monoisotopic (exact) mass is 297 g/mol. The van der Waals surface area contributed by atoms with E-state index in [9.17, 15) is 4.79 Å². The van der Waals surface area contributed by atoms with Gasteiger partial charge in [-0.25, -0.2) is 0 Å². The number of likely N-dealkylation sites (N-methyl/N-ethyl adjacent to an activating group) is 1. The molecule has 0 aromatic heterocycles. The molecule has 3 N–H and O–H groups in total. The number of hydrogen-bond donors (Lipinski definition) is 2. The molecule has 0 aromatic carbocycles. The van der Waals surface area contributed by atoms with Gasteiger partial charge in [0.15, 0.2) is 0 Å². The molecule has 0 aromatic rings. The van der Waals surface area contributed by atoms with Gasteiger partial charge >= 0.3 is 0 Å². The summed E-state index contributed by atoms with van der Waals surface area (Å²) in [6.45, 7) is 10.7. The van der Waals surface area contributed by atoms with E-state index in [1.54, 1.807) is 0 Å². The zero-order valence-corrected chi connectivity index (χ0v) is 14.5. The number of nitrogens with one attached hydrogen (secondary N) is 1. The number of hydrogen-bond acceptors (Lipinski definition) is 3. The van der Waals surface area contributed by atoms with Gasteiger partial charge in [0, 0.05) is 18.1 Å². The summed E-state index contributed by atoms with van der Waals surface area (Å²) in [5.41, 5.74) is 6.15. The van der Waals surface area contributed by atoms with Crippen LogP contribution in [0.2, 0.25) is 0 Å². The largest absolute Gasteiger partial charge is 0.352 e. The topological polar surface area (TPSA) is 58.4 Å². The maximum atomic E-state index is 12.3. The highest BCUT2D eigenvalue weighted by Gasteiger charge is 2.38. The summed E-state index contributed by atoms with van der Waals surface area (Å²) >= 11 is 0. The van der Waals surface area contributed by atoms with Gasteiger partial charge in [-0.1, -0.05) is 27.7 Å². The maximum Gasteiger partial charge on any atom is 0.234 e. The van der Waals surface area contributed by atoms with Gasteiger partial charge in [-0.05, 0) is 51.0 Å². The lowest BCUT2D eigenvalue weighted by Gasteiger charge is -2.46. The van der Waals surface area contributed by atoms with E-state index >= 15 is 0 Å². The molecule has 4 heteroatoms. The van der Waals surface area contributed by atoms with Gasteiger partial charge in [0.05, 0.1) is 6.54 Å². The summed E-state index contributed by atoms with van der Waals surface area (Å²) in [6, 6.07) is 0.302. The predicted octanol–water partition coefficient (Wildman–Crippen LogP) is 2.52. The molecule has 21 heavy (non-hydrogen) atoms. The molecule has 0 unspecified atom stereocenters. The maximum absolute atomic E-state index is 12.3. The van der Waals surface area contributed by atoms with Crippen molar-refractivity contribution >= 4 is 5.91 Å². The number of carbonyl (C=O) groups excluding carboxylic acids is 1. The Morgan fingerprint density at radius 1 is 1.29 bits per heavy atom. The molecule has 1 aliphatic carbocycles.